The monoisotopic (exact) mass is 260 g/mol. The van der Waals surface area contributed by atoms with Gasteiger partial charge in [0.2, 0.25) is 0 Å². The van der Waals surface area contributed by atoms with Crippen molar-refractivity contribution in [3.05, 3.63) is 35.4 Å². The molecular formula is C16H24N2O. The van der Waals surface area contributed by atoms with Crippen molar-refractivity contribution in [3.8, 4) is 0 Å². The van der Waals surface area contributed by atoms with Gasteiger partial charge in [-0.25, -0.2) is 0 Å². The number of benzene rings is 1. The van der Waals surface area contributed by atoms with Crippen molar-refractivity contribution < 1.29 is 4.79 Å². The molecular weight excluding hydrogens is 236 g/mol. The van der Waals surface area contributed by atoms with Gasteiger partial charge in [-0.2, -0.15) is 0 Å². The number of carbonyl (C=O) groups excluding carboxylic acids is 1. The predicted molar refractivity (Wildman–Crippen MR) is 78.3 cm³/mol. The molecule has 3 heteroatoms. The molecule has 1 atom stereocenters. The van der Waals surface area contributed by atoms with E-state index in [9.17, 15) is 4.79 Å². The van der Waals surface area contributed by atoms with Crippen LogP contribution in [0.3, 0.4) is 0 Å². The van der Waals surface area contributed by atoms with E-state index in [2.05, 4.69) is 17.6 Å². The van der Waals surface area contributed by atoms with Crippen LogP contribution < -0.4 is 10.6 Å². The SMILES string of the molecule is CCC(NCCNC(=O)c1ccc(C)cc1)C1CC1. The summed E-state index contributed by atoms with van der Waals surface area (Å²) in [5, 5.41) is 6.49. The molecule has 0 bridgehead atoms. The molecule has 0 aromatic heterocycles. The first kappa shape index (κ1) is 14.1. The minimum absolute atomic E-state index is 0.0151. The maximum absolute atomic E-state index is 11.9. The van der Waals surface area contributed by atoms with Crippen LogP contribution in [-0.2, 0) is 0 Å². The zero-order valence-electron chi connectivity index (χ0n) is 11.9. The maximum atomic E-state index is 11.9. The Kier molecular flexibility index (Phi) is 4.97. The summed E-state index contributed by atoms with van der Waals surface area (Å²) in [6.07, 6.45) is 3.90. The Balaban J connectivity index is 1.67. The predicted octanol–water partition coefficient (Wildman–Crippen LogP) is 2.50. The summed E-state index contributed by atoms with van der Waals surface area (Å²) >= 11 is 0. The van der Waals surface area contributed by atoms with Gasteiger partial charge in [-0.05, 0) is 44.2 Å². The standard InChI is InChI=1S/C16H24N2O/c1-3-15(13-8-9-13)17-10-11-18-16(19)14-6-4-12(2)5-7-14/h4-7,13,15,17H,3,8-11H2,1-2H3,(H,18,19). The van der Waals surface area contributed by atoms with E-state index < -0.39 is 0 Å². The van der Waals surface area contributed by atoms with Gasteiger partial charge in [0.05, 0.1) is 0 Å². The highest BCUT2D eigenvalue weighted by Gasteiger charge is 2.29. The summed E-state index contributed by atoms with van der Waals surface area (Å²) in [4.78, 5) is 11.9. The lowest BCUT2D eigenvalue weighted by Gasteiger charge is -2.16. The second-order valence-electron chi connectivity index (χ2n) is 5.43. The molecule has 1 amide bonds. The quantitative estimate of drug-likeness (QED) is 0.740. The molecule has 0 heterocycles. The maximum Gasteiger partial charge on any atom is 0.251 e. The van der Waals surface area contributed by atoms with Crippen LogP contribution >= 0.6 is 0 Å². The Morgan fingerprint density at radius 1 is 1.26 bits per heavy atom. The van der Waals surface area contributed by atoms with Crippen LogP contribution in [0.15, 0.2) is 24.3 Å². The van der Waals surface area contributed by atoms with Gasteiger partial charge in [0.1, 0.15) is 0 Å². The molecule has 104 valence electrons. The van der Waals surface area contributed by atoms with Gasteiger partial charge in [0.15, 0.2) is 0 Å². The largest absolute Gasteiger partial charge is 0.351 e. The van der Waals surface area contributed by atoms with E-state index in [1.54, 1.807) is 0 Å². The van der Waals surface area contributed by atoms with E-state index in [0.29, 0.717) is 12.6 Å². The molecule has 19 heavy (non-hydrogen) atoms. The van der Waals surface area contributed by atoms with Crippen LogP contribution in [0.25, 0.3) is 0 Å². The van der Waals surface area contributed by atoms with Gasteiger partial charge in [-0.15, -0.1) is 0 Å². The zero-order valence-corrected chi connectivity index (χ0v) is 11.9. The summed E-state index contributed by atoms with van der Waals surface area (Å²) in [5.41, 5.74) is 1.91. The molecule has 1 aliphatic carbocycles. The van der Waals surface area contributed by atoms with Gasteiger partial charge >= 0.3 is 0 Å². The Hall–Kier alpha value is -1.35. The molecule has 1 aromatic rings. The highest BCUT2D eigenvalue weighted by atomic mass is 16.1. The summed E-state index contributed by atoms with van der Waals surface area (Å²) in [6.45, 7) is 5.79. The summed E-state index contributed by atoms with van der Waals surface area (Å²) in [7, 11) is 0. The van der Waals surface area contributed by atoms with E-state index in [1.165, 1.54) is 24.8 Å². The van der Waals surface area contributed by atoms with Crippen molar-refractivity contribution in [2.75, 3.05) is 13.1 Å². The number of rotatable bonds is 7. The number of nitrogens with one attached hydrogen (secondary N) is 2. The molecule has 1 saturated carbocycles. The molecule has 1 aliphatic rings. The number of amides is 1. The normalized spacial score (nSPS) is 16.1. The molecule has 0 aliphatic heterocycles. The van der Waals surface area contributed by atoms with Crippen molar-refractivity contribution >= 4 is 5.91 Å². The third-order valence-corrected chi connectivity index (χ3v) is 3.76. The lowest BCUT2D eigenvalue weighted by molar-refractivity contribution is 0.0953. The van der Waals surface area contributed by atoms with Gasteiger partial charge in [0.25, 0.3) is 5.91 Å². The number of hydrogen-bond donors (Lipinski definition) is 2. The van der Waals surface area contributed by atoms with Crippen molar-refractivity contribution in [2.45, 2.75) is 39.2 Å². The van der Waals surface area contributed by atoms with Gasteiger partial charge in [-0.3, -0.25) is 4.79 Å². The minimum atomic E-state index is 0.0151. The van der Waals surface area contributed by atoms with E-state index >= 15 is 0 Å². The van der Waals surface area contributed by atoms with Crippen LogP contribution in [0.1, 0.15) is 42.1 Å². The first-order valence-corrected chi connectivity index (χ1v) is 7.29. The Morgan fingerprint density at radius 2 is 1.95 bits per heavy atom. The lowest BCUT2D eigenvalue weighted by Crippen LogP contribution is -2.37. The first-order valence-electron chi connectivity index (χ1n) is 7.29. The van der Waals surface area contributed by atoms with Crippen LogP contribution in [0, 0.1) is 12.8 Å². The van der Waals surface area contributed by atoms with Crippen LogP contribution in [0.5, 0.6) is 0 Å². The van der Waals surface area contributed by atoms with Crippen molar-refractivity contribution in [1.29, 1.82) is 0 Å². The lowest BCUT2D eigenvalue weighted by atomic mass is 10.1. The number of carbonyl (C=O) groups is 1. The molecule has 0 radical (unpaired) electrons. The van der Waals surface area contributed by atoms with E-state index in [0.717, 1.165) is 18.0 Å². The second-order valence-corrected chi connectivity index (χ2v) is 5.43. The van der Waals surface area contributed by atoms with E-state index in [1.807, 2.05) is 31.2 Å². The Labute approximate surface area is 115 Å². The fraction of sp³-hybridized carbons (Fsp3) is 0.562. The average molecular weight is 260 g/mol. The average Bonchev–Trinajstić information content (AvgIpc) is 3.24. The molecule has 2 rings (SSSR count). The topological polar surface area (TPSA) is 41.1 Å². The third kappa shape index (κ3) is 4.35. The Morgan fingerprint density at radius 3 is 2.53 bits per heavy atom. The molecule has 1 fully saturated rings. The summed E-state index contributed by atoms with van der Waals surface area (Å²) < 4.78 is 0. The molecule has 1 unspecified atom stereocenters. The number of aryl methyl sites for hydroxylation is 1. The van der Waals surface area contributed by atoms with Crippen LogP contribution in [0.4, 0.5) is 0 Å². The van der Waals surface area contributed by atoms with Crippen LogP contribution in [0.2, 0.25) is 0 Å². The van der Waals surface area contributed by atoms with Crippen LogP contribution in [-0.4, -0.2) is 25.0 Å². The highest BCUT2D eigenvalue weighted by Crippen LogP contribution is 2.33. The molecule has 0 saturated heterocycles. The fourth-order valence-corrected chi connectivity index (χ4v) is 2.38. The number of hydrogen-bond acceptors (Lipinski definition) is 2. The van der Waals surface area contributed by atoms with Gasteiger partial charge in [0, 0.05) is 24.7 Å². The van der Waals surface area contributed by atoms with Gasteiger partial charge in [-0.1, -0.05) is 24.6 Å². The van der Waals surface area contributed by atoms with Crippen molar-refractivity contribution in [1.82, 2.24) is 10.6 Å². The van der Waals surface area contributed by atoms with E-state index in [-0.39, 0.29) is 5.91 Å². The molecule has 2 N–H and O–H groups in total. The van der Waals surface area contributed by atoms with Gasteiger partial charge < -0.3 is 10.6 Å². The smallest absolute Gasteiger partial charge is 0.251 e. The Bertz CT molecular complexity index is 409. The highest BCUT2D eigenvalue weighted by molar-refractivity contribution is 5.94. The first-order chi connectivity index (χ1) is 9.20. The van der Waals surface area contributed by atoms with Crippen molar-refractivity contribution in [2.24, 2.45) is 5.92 Å². The molecule has 0 spiro atoms. The fourth-order valence-electron chi connectivity index (χ4n) is 2.38. The van der Waals surface area contributed by atoms with E-state index in [4.69, 9.17) is 0 Å². The molecule has 1 aromatic carbocycles. The zero-order chi connectivity index (χ0) is 13.7. The van der Waals surface area contributed by atoms with Crippen molar-refractivity contribution in [3.63, 3.8) is 0 Å². The summed E-state index contributed by atoms with van der Waals surface area (Å²) in [6, 6.07) is 8.31. The summed E-state index contributed by atoms with van der Waals surface area (Å²) in [5.74, 6) is 0.888. The third-order valence-electron chi connectivity index (χ3n) is 3.76. The minimum Gasteiger partial charge on any atom is -0.351 e. The molecule has 3 nitrogen and oxygen atoms in total. The second kappa shape index (κ2) is 6.71.